The Morgan fingerprint density at radius 3 is 3.00 bits per heavy atom. The van der Waals surface area contributed by atoms with E-state index in [0.717, 1.165) is 27.5 Å². The van der Waals surface area contributed by atoms with Crippen LogP contribution in [0.15, 0.2) is 29.8 Å². The molecule has 3 rings (SSSR count). The van der Waals surface area contributed by atoms with Crippen LogP contribution in [0.3, 0.4) is 0 Å². The SMILES string of the molecule is Cc1ccc(C)c(Oc2nc3sccn3c2CCl)c1. The number of thiazole rings is 1. The summed E-state index contributed by atoms with van der Waals surface area (Å²) < 4.78 is 7.92. The molecule has 2 aromatic heterocycles. The van der Waals surface area contributed by atoms with E-state index in [4.69, 9.17) is 16.3 Å². The van der Waals surface area contributed by atoms with Gasteiger partial charge in [-0.1, -0.05) is 12.1 Å². The van der Waals surface area contributed by atoms with Gasteiger partial charge in [0.1, 0.15) is 11.4 Å². The Morgan fingerprint density at radius 2 is 2.21 bits per heavy atom. The summed E-state index contributed by atoms with van der Waals surface area (Å²) in [4.78, 5) is 5.38. The van der Waals surface area contributed by atoms with Gasteiger partial charge in [-0.15, -0.1) is 22.9 Å². The molecule has 0 fully saturated rings. The number of alkyl halides is 1. The number of rotatable bonds is 3. The van der Waals surface area contributed by atoms with Crippen LogP contribution < -0.4 is 4.74 Å². The normalized spacial score (nSPS) is 11.1. The summed E-state index contributed by atoms with van der Waals surface area (Å²) >= 11 is 7.58. The molecule has 0 unspecified atom stereocenters. The predicted octanol–water partition coefficient (Wildman–Crippen LogP) is 4.54. The molecule has 1 aromatic carbocycles. The minimum Gasteiger partial charge on any atom is -0.437 e. The van der Waals surface area contributed by atoms with E-state index < -0.39 is 0 Å². The Hall–Kier alpha value is -1.52. The van der Waals surface area contributed by atoms with Crippen molar-refractivity contribution in [1.29, 1.82) is 0 Å². The van der Waals surface area contributed by atoms with Gasteiger partial charge in [-0.3, -0.25) is 4.40 Å². The van der Waals surface area contributed by atoms with Crippen LogP contribution in [0.5, 0.6) is 11.6 Å². The van der Waals surface area contributed by atoms with Crippen molar-refractivity contribution in [2.45, 2.75) is 19.7 Å². The molecule has 0 aliphatic rings. The molecule has 3 nitrogen and oxygen atoms in total. The number of imidazole rings is 1. The molecule has 0 radical (unpaired) electrons. The Morgan fingerprint density at radius 1 is 1.37 bits per heavy atom. The molecular weight excluding hydrogens is 280 g/mol. The zero-order valence-electron chi connectivity index (χ0n) is 10.7. The molecule has 0 amide bonds. The van der Waals surface area contributed by atoms with Gasteiger partial charge in [-0.05, 0) is 31.0 Å². The quantitative estimate of drug-likeness (QED) is 0.662. The zero-order valence-corrected chi connectivity index (χ0v) is 12.3. The van der Waals surface area contributed by atoms with E-state index in [1.54, 1.807) is 11.3 Å². The summed E-state index contributed by atoms with van der Waals surface area (Å²) in [6.45, 7) is 4.06. The first-order chi connectivity index (χ1) is 9.19. The molecular formula is C14H13ClN2OS. The third-order valence-corrected chi connectivity index (χ3v) is 4.01. The molecule has 3 aromatic rings. The minimum absolute atomic E-state index is 0.373. The first kappa shape index (κ1) is 12.5. The smallest absolute Gasteiger partial charge is 0.243 e. The molecule has 0 aliphatic carbocycles. The number of benzene rings is 1. The highest BCUT2D eigenvalue weighted by Gasteiger charge is 2.15. The number of ether oxygens (including phenoxy) is 1. The number of nitrogens with zero attached hydrogens (tertiary/aromatic N) is 2. The van der Waals surface area contributed by atoms with Gasteiger partial charge in [-0.2, -0.15) is 4.98 Å². The van der Waals surface area contributed by atoms with E-state index in [0.29, 0.717) is 11.8 Å². The van der Waals surface area contributed by atoms with E-state index in [9.17, 15) is 0 Å². The van der Waals surface area contributed by atoms with Crippen molar-refractivity contribution in [2.75, 3.05) is 0 Å². The first-order valence-corrected chi connectivity index (χ1v) is 7.36. The average Bonchev–Trinajstić information content (AvgIpc) is 2.94. The van der Waals surface area contributed by atoms with Gasteiger partial charge in [0.2, 0.25) is 5.88 Å². The molecule has 19 heavy (non-hydrogen) atoms. The standard InChI is InChI=1S/C14H13ClN2OS/c1-9-3-4-10(2)12(7-9)18-13-11(8-15)17-5-6-19-14(17)16-13/h3-7H,8H2,1-2H3. The van der Waals surface area contributed by atoms with Crippen molar-refractivity contribution >= 4 is 27.9 Å². The average molecular weight is 293 g/mol. The van der Waals surface area contributed by atoms with Crippen LogP contribution in [0.4, 0.5) is 0 Å². The Labute approximate surface area is 120 Å². The fourth-order valence-electron chi connectivity index (χ4n) is 1.94. The summed E-state index contributed by atoms with van der Waals surface area (Å²) in [7, 11) is 0. The molecule has 0 bridgehead atoms. The lowest BCUT2D eigenvalue weighted by Gasteiger charge is -2.08. The van der Waals surface area contributed by atoms with Crippen LogP contribution in [0.2, 0.25) is 0 Å². The van der Waals surface area contributed by atoms with Crippen LogP contribution in [0.1, 0.15) is 16.8 Å². The zero-order chi connectivity index (χ0) is 13.4. The predicted molar refractivity (Wildman–Crippen MR) is 78.6 cm³/mol. The molecule has 5 heteroatoms. The second-order valence-electron chi connectivity index (χ2n) is 4.42. The lowest BCUT2D eigenvalue weighted by Crippen LogP contribution is -1.93. The van der Waals surface area contributed by atoms with Crippen molar-refractivity contribution in [3.63, 3.8) is 0 Å². The monoisotopic (exact) mass is 292 g/mol. The van der Waals surface area contributed by atoms with Gasteiger partial charge in [0, 0.05) is 11.6 Å². The Balaban J connectivity index is 2.05. The van der Waals surface area contributed by atoms with Gasteiger partial charge in [-0.25, -0.2) is 0 Å². The lowest BCUT2D eigenvalue weighted by molar-refractivity contribution is 0.458. The van der Waals surface area contributed by atoms with Gasteiger partial charge in [0.25, 0.3) is 0 Å². The number of hydrogen-bond donors (Lipinski definition) is 0. The van der Waals surface area contributed by atoms with Gasteiger partial charge in [0.05, 0.1) is 5.88 Å². The minimum atomic E-state index is 0.373. The van der Waals surface area contributed by atoms with Gasteiger partial charge >= 0.3 is 0 Å². The van der Waals surface area contributed by atoms with E-state index in [1.807, 2.05) is 42.0 Å². The molecule has 2 heterocycles. The van der Waals surface area contributed by atoms with Crippen LogP contribution >= 0.6 is 22.9 Å². The maximum Gasteiger partial charge on any atom is 0.243 e. The number of hydrogen-bond acceptors (Lipinski definition) is 3. The van der Waals surface area contributed by atoms with Crippen LogP contribution in [0, 0.1) is 13.8 Å². The third-order valence-electron chi connectivity index (χ3n) is 3.00. The number of halogens is 1. The van der Waals surface area contributed by atoms with Gasteiger partial charge < -0.3 is 4.74 Å². The maximum absolute atomic E-state index is 6.01. The fraction of sp³-hybridized carbons (Fsp3) is 0.214. The highest BCUT2D eigenvalue weighted by molar-refractivity contribution is 7.15. The number of fused-ring (bicyclic) bond motifs is 1. The second-order valence-corrected chi connectivity index (χ2v) is 5.56. The van der Waals surface area contributed by atoms with Crippen molar-refractivity contribution in [1.82, 2.24) is 9.38 Å². The summed E-state index contributed by atoms with van der Waals surface area (Å²) in [6.07, 6.45) is 1.96. The summed E-state index contributed by atoms with van der Waals surface area (Å²) in [5.74, 6) is 1.80. The van der Waals surface area contributed by atoms with Gasteiger partial charge in [0.15, 0.2) is 4.96 Å². The van der Waals surface area contributed by atoms with E-state index in [1.165, 1.54) is 0 Å². The molecule has 0 saturated carbocycles. The van der Waals surface area contributed by atoms with Crippen LogP contribution in [0.25, 0.3) is 4.96 Å². The third kappa shape index (κ3) is 2.22. The largest absolute Gasteiger partial charge is 0.437 e. The van der Waals surface area contributed by atoms with E-state index in [-0.39, 0.29) is 0 Å². The number of aromatic nitrogens is 2. The molecule has 0 N–H and O–H groups in total. The first-order valence-electron chi connectivity index (χ1n) is 5.94. The highest BCUT2D eigenvalue weighted by atomic mass is 35.5. The van der Waals surface area contributed by atoms with Crippen LogP contribution in [-0.2, 0) is 5.88 Å². The topological polar surface area (TPSA) is 26.5 Å². The van der Waals surface area contributed by atoms with Crippen LogP contribution in [-0.4, -0.2) is 9.38 Å². The lowest BCUT2D eigenvalue weighted by atomic mass is 10.1. The molecule has 0 spiro atoms. The second kappa shape index (κ2) is 4.87. The van der Waals surface area contributed by atoms with Crippen molar-refractivity contribution in [2.24, 2.45) is 0 Å². The number of aryl methyl sites for hydroxylation is 2. The summed E-state index contributed by atoms with van der Waals surface area (Å²) in [6, 6.07) is 6.13. The molecule has 0 atom stereocenters. The van der Waals surface area contributed by atoms with E-state index in [2.05, 4.69) is 11.1 Å². The molecule has 0 saturated heterocycles. The maximum atomic E-state index is 6.01. The summed E-state index contributed by atoms with van der Waals surface area (Å²) in [5.41, 5.74) is 3.13. The van der Waals surface area contributed by atoms with Crippen molar-refractivity contribution in [3.8, 4) is 11.6 Å². The van der Waals surface area contributed by atoms with Crippen molar-refractivity contribution in [3.05, 3.63) is 46.6 Å². The Kier molecular flexibility index (Phi) is 3.21. The van der Waals surface area contributed by atoms with E-state index >= 15 is 0 Å². The van der Waals surface area contributed by atoms with Crippen molar-refractivity contribution < 1.29 is 4.74 Å². The highest BCUT2D eigenvalue weighted by Crippen LogP contribution is 2.31. The Bertz CT molecular complexity index is 732. The fourth-order valence-corrected chi connectivity index (χ4v) is 2.91. The summed E-state index contributed by atoms with van der Waals surface area (Å²) in [5, 5.41) is 1.99. The molecule has 98 valence electrons. The molecule has 0 aliphatic heterocycles.